The Morgan fingerprint density at radius 2 is 2.06 bits per heavy atom. The average molecular weight is 235 g/mol. The lowest BCUT2D eigenvalue weighted by Gasteiger charge is -2.23. The summed E-state index contributed by atoms with van der Waals surface area (Å²) >= 11 is 0. The molecule has 1 aromatic carbocycles. The van der Waals surface area contributed by atoms with Crippen LogP contribution in [0.2, 0.25) is 0 Å². The molecule has 0 amide bonds. The summed E-state index contributed by atoms with van der Waals surface area (Å²) < 4.78 is 5.17. The monoisotopic (exact) mass is 235 g/mol. The topological polar surface area (TPSA) is 41.5 Å². The summed E-state index contributed by atoms with van der Waals surface area (Å²) in [6.07, 6.45) is 4.10. The first kappa shape index (κ1) is 12.2. The molecule has 1 aliphatic carbocycles. The molecule has 0 atom stereocenters. The van der Waals surface area contributed by atoms with Gasteiger partial charge in [0.1, 0.15) is 5.75 Å². The van der Waals surface area contributed by atoms with Gasteiger partial charge in [0.05, 0.1) is 12.7 Å². The number of hydrogen-bond acceptors (Lipinski definition) is 3. The SMILES string of the molecule is COc1ccc(NCC2(O)CCCC2)c(C)c1. The van der Waals surface area contributed by atoms with Crippen LogP contribution in [0.25, 0.3) is 0 Å². The Morgan fingerprint density at radius 3 is 2.65 bits per heavy atom. The predicted octanol–water partition coefficient (Wildman–Crippen LogP) is 2.72. The number of benzene rings is 1. The summed E-state index contributed by atoms with van der Waals surface area (Å²) in [4.78, 5) is 0. The van der Waals surface area contributed by atoms with E-state index >= 15 is 0 Å². The van der Waals surface area contributed by atoms with Crippen LogP contribution < -0.4 is 10.1 Å². The van der Waals surface area contributed by atoms with E-state index in [4.69, 9.17) is 4.74 Å². The molecule has 94 valence electrons. The molecular weight excluding hydrogens is 214 g/mol. The summed E-state index contributed by atoms with van der Waals surface area (Å²) in [6.45, 7) is 2.68. The van der Waals surface area contributed by atoms with Crippen molar-refractivity contribution in [2.75, 3.05) is 19.0 Å². The minimum absolute atomic E-state index is 0.508. The third kappa shape index (κ3) is 2.91. The molecule has 3 nitrogen and oxygen atoms in total. The van der Waals surface area contributed by atoms with E-state index in [0.29, 0.717) is 6.54 Å². The van der Waals surface area contributed by atoms with Gasteiger partial charge in [-0.25, -0.2) is 0 Å². The number of aliphatic hydroxyl groups is 1. The van der Waals surface area contributed by atoms with Crippen molar-refractivity contribution in [1.29, 1.82) is 0 Å². The molecule has 0 saturated heterocycles. The summed E-state index contributed by atoms with van der Waals surface area (Å²) in [5.41, 5.74) is 1.71. The summed E-state index contributed by atoms with van der Waals surface area (Å²) in [7, 11) is 1.67. The molecule has 3 heteroatoms. The number of nitrogens with one attached hydrogen (secondary N) is 1. The molecule has 0 spiro atoms. The summed E-state index contributed by atoms with van der Waals surface area (Å²) in [6, 6.07) is 5.95. The highest BCUT2D eigenvalue weighted by Crippen LogP contribution is 2.30. The fourth-order valence-corrected chi connectivity index (χ4v) is 2.43. The molecule has 0 aromatic heterocycles. The number of ether oxygens (including phenoxy) is 1. The normalized spacial score (nSPS) is 18.1. The molecule has 1 aliphatic rings. The largest absolute Gasteiger partial charge is 0.497 e. The second-order valence-electron chi connectivity index (χ2n) is 4.97. The number of aryl methyl sites for hydroxylation is 1. The Kier molecular flexibility index (Phi) is 3.57. The van der Waals surface area contributed by atoms with Crippen LogP contribution in [0.1, 0.15) is 31.2 Å². The fraction of sp³-hybridized carbons (Fsp3) is 0.571. The van der Waals surface area contributed by atoms with Gasteiger partial charge in [-0.15, -0.1) is 0 Å². The van der Waals surface area contributed by atoms with Crippen molar-refractivity contribution in [2.24, 2.45) is 0 Å². The van der Waals surface area contributed by atoms with Crippen LogP contribution in [-0.4, -0.2) is 24.4 Å². The van der Waals surface area contributed by atoms with Gasteiger partial charge in [0.2, 0.25) is 0 Å². The third-order valence-corrected chi connectivity index (χ3v) is 3.58. The molecule has 17 heavy (non-hydrogen) atoms. The van der Waals surface area contributed by atoms with Crippen molar-refractivity contribution in [3.63, 3.8) is 0 Å². The zero-order valence-corrected chi connectivity index (χ0v) is 10.6. The van der Waals surface area contributed by atoms with Crippen LogP contribution in [-0.2, 0) is 0 Å². The van der Waals surface area contributed by atoms with E-state index in [0.717, 1.165) is 42.7 Å². The van der Waals surface area contributed by atoms with Gasteiger partial charge in [-0.1, -0.05) is 12.8 Å². The molecule has 0 aliphatic heterocycles. The van der Waals surface area contributed by atoms with Crippen LogP contribution in [0.4, 0.5) is 5.69 Å². The van der Waals surface area contributed by atoms with Gasteiger partial charge in [-0.2, -0.15) is 0 Å². The van der Waals surface area contributed by atoms with Crippen molar-refractivity contribution in [3.05, 3.63) is 23.8 Å². The van der Waals surface area contributed by atoms with Gasteiger partial charge in [-0.05, 0) is 43.5 Å². The average Bonchev–Trinajstić information content (AvgIpc) is 2.75. The van der Waals surface area contributed by atoms with E-state index < -0.39 is 5.60 Å². The Labute approximate surface area is 103 Å². The minimum atomic E-state index is -0.508. The lowest BCUT2D eigenvalue weighted by Crippen LogP contribution is -2.33. The number of hydrogen-bond donors (Lipinski definition) is 2. The zero-order chi connectivity index (χ0) is 12.3. The Hall–Kier alpha value is -1.22. The first-order valence-corrected chi connectivity index (χ1v) is 6.24. The van der Waals surface area contributed by atoms with E-state index in [1.54, 1.807) is 7.11 Å². The minimum Gasteiger partial charge on any atom is -0.497 e. The van der Waals surface area contributed by atoms with Crippen molar-refractivity contribution in [2.45, 2.75) is 38.2 Å². The Morgan fingerprint density at radius 1 is 1.35 bits per heavy atom. The van der Waals surface area contributed by atoms with Gasteiger partial charge in [0, 0.05) is 12.2 Å². The Balaban J connectivity index is 1.99. The van der Waals surface area contributed by atoms with Crippen LogP contribution in [0.15, 0.2) is 18.2 Å². The highest BCUT2D eigenvalue weighted by atomic mass is 16.5. The molecule has 0 heterocycles. The first-order chi connectivity index (χ1) is 8.13. The van der Waals surface area contributed by atoms with Crippen LogP contribution >= 0.6 is 0 Å². The van der Waals surface area contributed by atoms with E-state index in [2.05, 4.69) is 5.32 Å². The maximum absolute atomic E-state index is 10.3. The van der Waals surface area contributed by atoms with Crippen molar-refractivity contribution in [3.8, 4) is 5.75 Å². The van der Waals surface area contributed by atoms with Gasteiger partial charge >= 0.3 is 0 Å². The van der Waals surface area contributed by atoms with Crippen molar-refractivity contribution in [1.82, 2.24) is 0 Å². The molecule has 2 N–H and O–H groups in total. The van der Waals surface area contributed by atoms with E-state index in [-0.39, 0.29) is 0 Å². The summed E-state index contributed by atoms with van der Waals surface area (Å²) in [5.74, 6) is 0.868. The molecule has 2 rings (SSSR count). The van der Waals surface area contributed by atoms with Crippen molar-refractivity contribution >= 4 is 5.69 Å². The van der Waals surface area contributed by atoms with E-state index in [1.807, 2.05) is 25.1 Å². The number of rotatable bonds is 4. The molecule has 1 saturated carbocycles. The number of anilines is 1. The second kappa shape index (κ2) is 4.96. The maximum atomic E-state index is 10.3. The van der Waals surface area contributed by atoms with Gasteiger partial charge in [0.25, 0.3) is 0 Å². The third-order valence-electron chi connectivity index (χ3n) is 3.58. The smallest absolute Gasteiger partial charge is 0.119 e. The maximum Gasteiger partial charge on any atom is 0.119 e. The van der Waals surface area contributed by atoms with Crippen LogP contribution in [0.3, 0.4) is 0 Å². The highest BCUT2D eigenvalue weighted by molar-refractivity contribution is 5.53. The molecular formula is C14H21NO2. The standard InChI is InChI=1S/C14H21NO2/c1-11-9-12(17-2)5-6-13(11)15-10-14(16)7-3-4-8-14/h5-6,9,15-16H,3-4,7-8,10H2,1-2H3. The fourth-order valence-electron chi connectivity index (χ4n) is 2.43. The summed E-state index contributed by atoms with van der Waals surface area (Å²) in [5, 5.41) is 13.6. The van der Waals surface area contributed by atoms with E-state index in [9.17, 15) is 5.11 Å². The van der Waals surface area contributed by atoms with E-state index in [1.165, 1.54) is 0 Å². The van der Waals surface area contributed by atoms with Crippen LogP contribution in [0, 0.1) is 6.92 Å². The Bertz CT molecular complexity index is 384. The quantitative estimate of drug-likeness (QED) is 0.843. The van der Waals surface area contributed by atoms with Crippen LogP contribution in [0.5, 0.6) is 5.75 Å². The lowest BCUT2D eigenvalue weighted by molar-refractivity contribution is 0.0614. The van der Waals surface area contributed by atoms with Gasteiger partial charge in [-0.3, -0.25) is 0 Å². The van der Waals surface area contributed by atoms with Crippen molar-refractivity contribution < 1.29 is 9.84 Å². The first-order valence-electron chi connectivity index (χ1n) is 6.24. The molecule has 0 bridgehead atoms. The zero-order valence-electron chi connectivity index (χ0n) is 10.6. The number of methoxy groups -OCH3 is 1. The lowest BCUT2D eigenvalue weighted by atomic mass is 10.0. The molecule has 1 fully saturated rings. The molecule has 0 unspecified atom stereocenters. The molecule has 1 aromatic rings. The predicted molar refractivity (Wildman–Crippen MR) is 69.6 cm³/mol. The highest BCUT2D eigenvalue weighted by Gasteiger charge is 2.30. The van der Waals surface area contributed by atoms with Gasteiger partial charge in [0.15, 0.2) is 0 Å². The second-order valence-corrected chi connectivity index (χ2v) is 4.97. The molecule has 0 radical (unpaired) electrons. The van der Waals surface area contributed by atoms with Gasteiger partial charge < -0.3 is 15.2 Å².